The second kappa shape index (κ2) is 5.54. The van der Waals surface area contributed by atoms with Gasteiger partial charge in [-0.25, -0.2) is 0 Å². The van der Waals surface area contributed by atoms with Crippen molar-refractivity contribution in [3.05, 3.63) is 41.0 Å². The van der Waals surface area contributed by atoms with Crippen molar-refractivity contribution in [1.82, 2.24) is 0 Å². The van der Waals surface area contributed by atoms with Crippen molar-refractivity contribution in [2.45, 2.75) is 13.8 Å². The van der Waals surface area contributed by atoms with E-state index in [-0.39, 0.29) is 5.91 Å². The largest absolute Gasteiger partial charge is 0.500 e. The molecular weight excluding hydrogens is 266 g/mol. The Morgan fingerprint density at radius 2 is 2.28 bits per heavy atom. The number of hydrogen-bond donors (Lipinski definition) is 0. The van der Waals surface area contributed by atoms with E-state index in [2.05, 4.69) is 0 Å². The summed E-state index contributed by atoms with van der Waals surface area (Å²) in [7, 11) is 0. The molecule has 1 amide bonds. The van der Waals surface area contributed by atoms with Gasteiger partial charge in [-0.1, -0.05) is 36.1 Å². The predicted molar refractivity (Wildman–Crippen MR) is 78.6 cm³/mol. The van der Waals surface area contributed by atoms with E-state index >= 15 is 0 Å². The average Bonchev–Trinajstić information content (AvgIpc) is 2.62. The van der Waals surface area contributed by atoms with Crippen molar-refractivity contribution >= 4 is 39.9 Å². The molecule has 0 spiro atoms. The lowest BCUT2D eigenvalue weighted by Gasteiger charge is -2.14. The molecule has 1 aliphatic rings. The van der Waals surface area contributed by atoms with Crippen LogP contribution in [0, 0.1) is 6.92 Å². The molecule has 0 saturated carbocycles. The molecule has 0 N–H and O–H groups in total. The van der Waals surface area contributed by atoms with E-state index in [0.717, 1.165) is 11.3 Å². The zero-order valence-corrected chi connectivity index (χ0v) is 11.8. The smallest absolute Gasteiger partial charge is 0.273 e. The molecule has 1 aromatic rings. The van der Waals surface area contributed by atoms with Gasteiger partial charge in [-0.2, -0.15) is 0 Å². The summed E-state index contributed by atoms with van der Waals surface area (Å²) in [6.07, 6.45) is 1.48. The van der Waals surface area contributed by atoms with Crippen LogP contribution in [-0.2, 0) is 9.53 Å². The van der Waals surface area contributed by atoms with Crippen LogP contribution in [0.3, 0.4) is 0 Å². The van der Waals surface area contributed by atoms with Gasteiger partial charge in [0, 0.05) is 0 Å². The number of thioether (sulfide) groups is 1. The van der Waals surface area contributed by atoms with Crippen LogP contribution in [0.15, 0.2) is 35.4 Å². The third-order valence-corrected chi connectivity index (χ3v) is 3.69. The van der Waals surface area contributed by atoms with Gasteiger partial charge in [0.05, 0.1) is 12.3 Å². The zero-order chi connectivity index (χ0) is 13.1. The molecule has 1 aliphatic heterocycles. The Labute approximate surface area is 116 Å². The fourth-order valence-corrected chi connectivity index (χ4v) is 2.82. The van der Waals surface area contributed by atoms with Gasteiger partial charge in [0.2, 0.25) is 0 Å². The normalized spacial score (nSPS) is 17.7. The molecule has 94 valence electrons. The van der Waals surface area contributed by atoms with Gasteiger partial charge in [-0.15, -0.1) is 0 Å². The minimum atomic E-state index is -0.121. The van der Waals surface area contributed by atoms with E-state index < -0.39 is 0 Å². The molecule has 0 bridgehead atoms. The predicted octanol–water partition coefficient (Wildman–Crippen LogP) is 3.24. The van der Waals surface area contributed by atoms with E-state index in [1.165, 1.54) is 22.9 Å². The third-order valence-electron chi connectivity index (χ3n) is 2.41. The minimum Gasteiger partial charge on any atom is -0.500 e. The van der Waals surface area contributed by atoms with E-state index in [4.69, 9.17) is 17.0 Å². The summed E-state index contributed by atoms with van der Waals surface area (Å²) in [6, 6.07) is 7.71. The van der Waals surface area contributed by atoms with Crippen LogP contribution in [-0.4, -0.2) is 16.8 Å². The van der Waals surface area contributed by atoms with Gasteiger partial charge < -0.3 is 4.74 Å². The highest BCUT2D eigenvalue weighted by atomic mass is 32.2. The van der Waals surface area contributed by atoms with Crippen molar-refractivity contribution < 1.29 is 9.53 Å². The minimum absolute atomic E-state index is 0.121. The van der Waals surface area contributed by atoms with Crippen molar-refractivity contribution in [1.29, 1.82) is 0 Å². The Bertz CT molecular complexity index is 525. The fourth-order valence-electron chi connectivity index (χ4n) is 1.60. The first-order valence-electron chi connectivity index (χ1n) is 5.58. The lowest BCUT2D eigenvalue weighted by molar-refractivity contribution is -0.113. The maximum atomic E-state index is 12.2. The Morgan fingerprint density at radius 3 is 2.94 bits per heavy atom. The molecule has 1 aromatic carbocycles. The molecule has 0 aliphatic carbocycles. The van der Waals surface area contributed by atoms with Crippen molar-refractivity contribution in [2.75, 3.05) is 11.5 Å². The number of aryl methyl sites for hydroxylation is 1. The number of thiocarbonyl (C=S) groups is 1. The SMILES string of the molecule is CCO/C=C1\SC(=S)N(c2cccc(C)c2)C1=O. The number of nitrogens with zero attached hydrogens (tertiary/aromatic N) is 1. The Balaban J connectivity index is 2.30. The highest BCUT2D eigenvalue weighted by Crippen LogP contribution is 2.34. The molecule has 1 fully saturated rings. The number of benzene rings is 1. The van der Waals surface area contributed by atoms with Crippen molar-refractivity contribution in [3.8, 4) is 0 Å². The second-order valence-corrected chi connectivity index (χ2v) is 5.46. The van der Waals surface area contributed by atoms with Gasteiger partial charge in [0.15, 0.2) is 4.32 Å². The molecule has 0 unspecified atom stereocenters. The fraction of sp³-hybridized carbons (Fsp3) is 0.231. The topological polar surface area (TPSA) is 29.5 Å². The second-order valence-electron chi connectivity index (χ2n) is 3.78. The number of hydrogen-bond acceptors (Lipinski definition) is 4. The molecule has 1 saturated heterocycles. The number of anilines is 1. The van der Waals surface area contributed by atoms with Gasteiger partial charge in [0.25, 0.3) is 5.91 Å². The lowest BCUT2D eigenvalue weighted by atomic mass is 10.2. The summed E-state index contributed by atoms with van der Waals surface area (Å²) in [5, 5.41) is 0. The van der Waals surface area contributed by atoms with Crippen LogP contribution in [0.4, 0.5) is 5.69 Å². The van der Waals surface area contributed by atoms with Crippen LogP contribution in [0.25, 0.3) is 0 Å². The van der Waals surface area contributed by atoms with Gasteiger partial charge >= 0.3 is 0 Å². The number of rotatable bonds is 3. The quantitative estimate of drug-likeness (QED) is 0.482. The number of ether oxygens (including phenoxy) is 1. The van der Waals surface area contributed by atoms with E-state index in [1.807, 2.05) is 38.1 Å². The van der Waals surface area contributed by atoms with Gasteiger partial charge in [-0.3, -0.25) is 9.69 Å². The highest BCUT2D eigenvalue weighted by molar-refractivity contribution is 8.27. The van der Waals surface area contributed by atoms with Crippen molar-refractivity contribution in [2.24, 2.45) is 0 Å². The number of carbonyl (C=O) groups is 1. The molecule has 0 atom stereocenters. The number of amides is 1. The Hall–Kier alpha value is -1.33. The molecule has 0 aromatic heterocycles. The molecule has 18 heavy (non-hydrogen) atoms. The standard InChI is InChI=1S/C13H13NO2S2/c1-3-16-8-11-12(15)14(13(17)18-11)10-6-4-5-9(2)7-10/h4-8H,3H2,1-2H3/b11-8-. The summed E-state index contributed by atoms with van der Waals surface area (Å²) in [5.41, 5.74) is 1.90. The molecule has 2 rings (SSSR count). The summed E-state index contributed by atoms with van der Waals surface area (Å²) < 4.78 is 5.69. The first kappa shape index (κ1) is 13.1. The average molecular weight is 279 g/mol. The van der Waals surface area contributed by atoms with E-state index in [1.54, 1.807) is 0 Å². The monoisotopic (exact) mass is 279 g/mol. The first-order chi connectivity index (χ1) is 8.63. The van der Waals surface area contributed by atoms with Crippen LogP contribution in [0.5, 0.6) is 0 Å². The van der Waals surface area contributed by atoms with Crippen LogP contribution in [0.2, 0.25) is 0 Å². The Kier molecular flexibility index (Phi) is 4.04. The van der Waals surface area contributed by atoms with Gasteiger partial charge in [-0.05, 0) is 31.5 Å². The van der Waals surface area contributed by atoms with Crippen LogP contribution in [0.1, 0.15) is 12.5 Å². The molecular formula is C13H13NO2S2. The molecule has 5 heteroatoms. The summed E-state index contributed by atoms with van der Waals surface area (Å²) in [6.45, 7) is 4.39. The Morgan fingerprint density at radius 1 is 1.50 bits per heavy atom. The maximum Gasteiger partial charge on any atom is 0.273 e. The lowest BCUT2D eigenvalue weighted by Crippen LogP contribution is -2.27. The third kappa shape index (κ3) is 2.57. The molecule has 3 nitrogen and oxygen atoms in total. The van der Waals surface area contributed by atoms with Crippen molar-refractivity contribution in [3.63, 3.8) is 0 Å². The van der Waals surface area contributed by atoms with Crippen LogP contribution < -0.4 is 4.90 Å². The molecule has 0 radical (unpaired) electrons. The zero-order valence-electron chi connectivity index (χ0n) is 10.2. The van der Waals surface area contributed by atoms with Crippen LogP contribution >= 0.6 is 24.0 Å². The highest BCUT2D eigenvalue weighted by Gasteiger charge is 2.33. The number of carbonyl (C=O) groups excluding carboxylic acids is 1. The molecule has 1 heterocycles. The van der Waals surface area contributed by atoms with Gasteiger partial charge in [0.1, 0.15) is 11.2 Å². The van der Waals surface area contributed by atoms with E-state index in [0.29, 0.717) is 15.8 Å². The maximum absolute atomic E-state index is 12.2. The van der Waals surface area contributed by atoms with E-state index in [9.17, 15) is 4.79 Å². The summed E-state index contributed by atoms with van der Waals surface area (Å²) in [5.74, 6) is -0.121. The first-order valence-corrected chi connectivity index (χ1v) is 6.80. The summed E-state index contributed by atoms with van der Waals surface area (Å²) >= 11 is 6.51. The summed E-state index contributed by atoms with van der Waals surface area (Å²) in [4.78, 5) is 14.3.